The summed E-state index contributed by atoms with van der Waals surface area (Å²) in [5.41, 5.74) is 0.994. The van der Waals surface area contributed by atoms with Crippen LogP contribution in [0.2, 0.25) is 0 Å². The fraction of sp³-hybridized carbons (Fsp3) is 0.792. The summed E-state index contributed by atoms with van der Waals surface area (Å²) in [7, 11) is 1.64. The van der Waals surface area contributed by atoms with Gasteiger partial charge in [-0.3, -0.25) is 10.1 Å². The molecular weight excluding hydrogens is 480 g/mol. The minimum Gasteiger partial charge on any atom is -0.447 e. The molecule has 4 aliphatic rings. The summed E-state index contributed by atoms with van der Waals surface area (Å²) in [6.45, 7) is 5.29. The number of epoxide rings is 2. The van der Waals surface area contributed by atoms with Crippen LogP contribution in [0.1, 0.15) is 46.0 Å². The third kappa shape index (κ3) is 6.10. The van der Waals surface area contributed by atoms with E-state index in [1.54, 1.807) is 12.0 Å². The zero-order valence-corrected chi connectivity index (χ0v) is 21.3. The highest BCUT2D eigenvalue weighted by atomic mass is 35.5. The highest BCUT2D eigenvalue weighted by Crippen LogP contribution is 2.54. The standard InChI is InChI=1S/C24H35ClN2O8/c1-14(2)6-7-16-21(34-16)19-20(31-3)17(8-9-24(19)13-33-24)35-23(30)27-10-4-5-15(27)12-32-22(29)26-18(28)11-25/h6,15-17,19-21H,4-5,7-13H2,1-3H3,(H,26,28,29)/t15-,16+,17?,19?,20?,21-,24-/m0/s1. The Morgan fingerprint density at radius 1 is 1.26 bits per heavy atom. The molecule has 35 heavy (non-hydrogen) atoms. The molecule has 0 bridgehead atoms. The van der Waals surface area contributed by atoms with Gasteiger partial charge in [0.05, 0.1) is 30.5 Å². The number of ether oxygens (including phenoxy) is 5. The van der Waals surface area contributed by atoms with Crippen LogP contribution in [0, 0.1) is 5.92 Å². The van der Waals surface area contributed by atoms with Crippen molar-refractivity contribution in [2.75, 3.05) is 32.7 Å². The minimum atomic E-state index is -0.882. The molecule has 4 rings (SSSR count). The number of carbonyl (C=O) groups is 3. The zero-order valence-electron chi connectivity index (χ0n) is 20.5. The maximum Gasteiger partial charge on any atom is 0.413 e. The highest BCUT2D eigenvalue weighted by Gasteiger charge is 2.66. The molecule has 196 valence electrons. The van der Waals surface area contributed by atoms with E-state index < -0.39 is 24.2 Å². The quantitative estimate of drug-likeness (QED) is 0.298. The lowest BCUT2D eigenvalue weighted by Gasteiger charge is -2.40. The van der Waals surface area contributed by atoms with Crippen LogP contribution in [-0.4, -0.2) is 91.8 Å². The Labute approximate surface area is 210 Å². The lowest BCUT2D eigenvalue weighted by molar-refractivity contribution is -0.118. The molecule has 1 saturated carbocycles. The second kappa shape index (κ2) is 11.0. The smallest absolute Gasteiger partial charge is 0.413 e. The van der Waals surface area contributed by atoms with Crippen LogP contribution in [0.3, 0.4) is 0 Å². The van der Waals surface area contributed by atoms with Crippen molar-refractivity contribution in [1.82, 2.24) is 10.2 Å². The molecular formula is C24H35ClN2O8. The van der Waals surface area contributed by atoms with Crippen molar-refractivity contribution >= 4 is 29.7 Å². The predicted octanol–water partition coefficient (Wildman–Crippen LogP) is 2.77. The van der Waals surface area contributed by atoms with Gasteiger partial charge in [0.1, 0.15) is 24.7 Å². The van der Waals surface area contributed by atoms with Crippen molar-refractivity contribution in [3.05, 3.63) is 11.6 Å². The van der Waals surface area contributed by atoms with Gasteiger partial charge in [0.25, 0.3) is 0 Å². The lowest BCUT2D eigenvalue weighted by atomic mass is 9.73. The Bertz CT molecular complexity index is 843. The molecule has 0 radical (unpaired) electrons. The van der Waals surface area contributed by atoms with Crippen LogP contribution in [0.4, 0.5) is 9.59 Å². The van der Waals surface area contributed by atoms with E-state index in [1.807, 2.05) is 5.32 Å². The lowest BCUT2D eigenvalue weighted by Crippen LogP contribution is -2.53. The third-order valence-electron chi connectivity index (χ3n) is 7.33. The summed E-state index contributed by atoms with van der Waals surface area (Å²) < 4.78 is 28.9. The molecule has 10 nitrogen and oxygen atoms in total. The van der Waals surface area contributed by atoms with Crippen molar-refractivity contribution in [1.29, 1.82) is 0 Å². The molecule has 1 aliphatic carbocycles. The molecule has 3 amide bonds. The van der Waals surface area contributed by atoms with E-state index in [-0.39, 0.29) is 48.4 Å². The van der Waals surface area contributed by atoms with Gasteiger partial charge in [-0.05, 0) is 46.0 Å². The molecule has 0 aromatic carbocycles. The van der Waals surface area contributed by atoms with Gasteiger partial charge >= 0.3 is 12.2 Å². The van der Waals surface area contributed by atoms with E-state index in [1.165, 1.54) is 5.57 Å². The average Bonchev–Trinajstić information content (AvgIpc) is 3.73. The van der Waals surface area contributed by atoms with Crippen LogP contribution in [0.25, 0.3) is 0 Å². The molecule has 3 unspecified atom stereocenters. The van der Waals surface area contributed by atoms with E-state index >= 15 is 0 Å². The first kappa shape index (κ1) is 26.2. The highest BCUT2D eigenvalue weighted by molar-refractivity contribution is 6.28. The topological polar surface area (TPSA) is 119 Å². The maximum atomic E-state index is 13.1. The van der Waals surface area contributed by atoms with Gasteiger partial charge in [0.2, 0.25) is 5.91 Å². The fourth-order valence-corrected chi connectivity index (χ4v) is 5.47. The number of nitrogens with zero attached hydrogens (tertiary/aromatic N) is 1. The predicted molar refractivity (Wildman–Crippen MR) is 125 cm³/mol. The van der Waals surface area contributed by atoms with Crippen molar-refractivity contribution in [2.45, 2.75) is 82.0 Å². The van der Waals surface area contributed by atoms with Crippen molar-refractivity contribution in [3.8, 4) is 0 Å². The van der Waals surface area contributed by atoms with Gasteiger partial charge in [0, 0.05) is 19.6 Å². The maximum absolute atomic E-state index is 13.1. The molecule has 3 heterocycles. The van der Waals surface area contributed by atoms with E-state index in [9.17, 15) is 14.4 Å². The summed E-state index contributed by atoms with van der Waals surface area (Å²) in [5, 5.41) is 2.02. The number of amides is 3. The first-order valence-corrected chi connectivity index (χ1v) is 12.8. The average molecular weight is 515 g/mol. The van der Waals surface area contributed by atoms with Gasteiger partial charge in [0.15, 0.2) is 0 Å². The minimum absolute atomic E-state index is 0.00418. The first-order chi connectivity index (χ1) is 16.8. The summed E-state index contributed by atoms with van der Waals surface area (Å²) in [6, 6.07) is -0.321. The van der Waals surface area contributed by atoms with Crippen molar-refractivity contribution in [3.63, 3.8) is 0 Å². The second-order valence-electron chi connectivity index (χ2n) is 9.97. The van der Waals surface area contributed by atoms with Crippen molar-refractivity contribution in [2.24, 2.45) is 5.92 Å². The molecule has 3 aliphatic heterocycles. The van der Waals surface area contributed by atoms with Crippen LogP contribution in [0.15, 0.2) is 11.6 Å². The van der Waals surface area contributed by atoms with E-state index in [0.29, 0.717) is 26.0 Å². The monoisotopic (exact) mass is 514 g/mol. The van der Waals surface area contributed by atoms with Gasteiger partial charge in [-0.1, -0.05) is 11.6 Å². The zero-order chi connectivity index (χ0) is 25.2. The summed E-state index contributed by atoms with van der Waals surface area (Å²) in [6.07, 6.45) is 3.94. The van der Waals surface area contributed by atoms with Crippen molar-refractivity contribution < 1.29 is 38.1 Å². The Morgan fingerprint density at radius 2 is 2.03 bits per heavy atom. The number of methoxy groups -OCH3 is 1. The van der Waals surface area contributed by atoms with E-state index in [0.717, 1.165) is 19.3 Å². The molecule has 0 aromatic heterocycles. The summed E-state index contributed by atoms with van der Waals surface area (Å²) >= 11 is 5.38. The van der Waals surface area contributed by atoms with Crippen LogP contribution in [-0.2, 0) is 28.5 Å². The number of hydrogen-bond acceptors (Lipinski definition) is 8. The van der Waals surface area contributed by atoms with Crippen LogP contribution >= 0.6 is 11.6 Å². The number of allylic oxidation sites excluding steroid dienone is 1. The molecule has 3 saturated heterocycles. The number of alkyl halides is 1. The number of nitrogens with one attached hydrogen (secondary N) is 1. The number of hydrogen-bond donors (Lipinski definition) is 1. The number of halogens is 1. The molecule has 1 spiro atoms. The van der Waals surface area contributed by atoms with Gasteiger partial charge < -0.3 is 28.6 Å². The number of rotatable bonds is 8. The van der Waals surface area contributed by atoms with Gasteiger partial charge in [-0.25, -0.2) is 9.59 Å². The van der Waals surface area contributed by atoms with Gasteiger partial charge in [-0.15, -0.1) is 11.6 Å². The second-order valence-corrected chi connectivity index (χ2v) is 10.2. The Morgan fingerprint density at radius 3 is 2.69 bits per heavy atom. The van der Waals surface area contributed by atoms with E-state index in [2.05, 4.69) is 19.9 Å². The van der Waals surface area contributed by atoms with Gasteiger partial charge in [-0.2, -0.15) is 0 Å². The summed E-state index contributed by atoms with van der Waals surface area (Å²) in [5.74, 6) is -0.985. The number of carbonyl (C=O) groups excluding carboxylic acids is 3. The molecule has 0 aromatic rings. The third-order valence-corrected chi connectivity index (χ3v) is 7.58. The Kier molecular flexibility index (Phi) is 8.25. The molecule has 11 heteroatoms. The SMILES string of the molecule is COC1C(OC(=O)N2CCC[C@H]2COC(=O)NC(=O)CCl)CC[C@]2(CO2)C1[C@H]1O[C@@H]1CC=C(C)C. The largest absolute Gasteiger partial charge is 0.447 e. The molecule has 1 N–H and O–H groups in total. The molecule has 7 atom stereocenters. The Balaban J connectivity index is 1.34. The first-order valence-electron chi connectivity index (χ1n) is 12.2. The molecule has 4 fully saturated rings. The van der Waals surface area contributed by atoms with Crippen LogP contribution in [0.5, 0.6) is 0 Å². The van der Waals surface area contributed by atoms with E-state index in [4.69, 9.17) is 35.3 Å². The number of imide groups is 1. The number of likely N-dealkylation sites (tertiary alicyclic amines) is 1. The normalized spacial score (nSPS) is 35.4. The van der Waals surface area contributed by atoms with Crippen LogP contribution < -0.4 is 5.32 Å². The fourth-order valence-electron chi connectivity index (χ4n) is 5.40. The Hall–Kier alpha value is -1.88. The number of alkyl carbamates (subject to hydrolysis) is 1. The summed E-state index contributed by atoms with van der Waals surface area (Å²) in [4.78, 5) is 37.7.